The van der Waals surface area contributed by atoms with Crippen molar-refractivity contribution in [1.82, 2.24) is 0 Å². The SMILES string of the molecule is CCC[C@H]([NH3+])CO. The van der Waals surface area contributed by atoms with E-state index in [1.807, 2.05) is 0 Å². The summed E-state index contributed by atoms with van der Waals surface area (Å²) in [4.78, 5) is 0. The topological polar surface area (TPSA) is 47.9 Å². The van der Waals surface area contributed by atoms with Crippen LogP contribution in [0.3, 0.4) is 0 Å². The van der Waals surface area contributed by atoms with Gasteiger partial charge in [-0.1, -0.05) is 13.3 Å². The van der Waals surface area contributed by atoms with E-state index >= 15 is 0 Å². The molecule has 7 heavy (non-hydrogen) atoms. The quantitative estimate of drug-likeness (QED) is 0.493. The van der Waals surface area contributed by atoms with Crippen LogP contribution in [0.2, 0.25) is 0 Å². The Hall–Kier alpha value is -0.0800. The van der Waals surface area contributed by atoms with Crippen LogP contribution in [-0.4, -0.2) is 17.8 Å². The predicted octanol–water partition coefficient (Wildman–Crippen LogP) is -0.611. The first-order valence-corrected chi connectivity index (χ1v) is 2.75. The number of rotatable bonds is 3. The second-order valence-corrected chi connectivity index (χ2v) is 1.84. The molecule has 0 fully saturated rings. The average Bonchev–Trinajstić information content (AvgIpc) is 1.68. The van der Waals surface area contributed by atoms with E-state index in [-0.39, 0.29) is 12.6 Å². The molecule has 4 N–H and O–H groups in total. The third kappa shape index (κ3) is 3.76. The van der Waals surface area contributed by atoms with Crippen LogP contribution < -0.4 is 5.73 Å². The lowest BCUT2D eigenvalue weighted by molar-refractivity contribution is -0.426. The molecule has 0 amide bonds. The van der Waals surface area contributed by atoms with Crippen molar-refractivity contribution in [2.75, 3.05) is 6.61 Å². The Bertz CT molecular complexity index is 39.1. The first-order valence-electron chi connectivity index (χ1n) is 2.75. The molecule has 0 rings (SSSR count). The van der Waals surface area contributed by atoms with Gasteiger partial charge in [-0.05, 0) is 0 Å². The van der Waals surface area contributed by atoms with Crippen molar-refractivity contribution < 1.29 is 10.8 Å². The van der Waals surface area contributed by atoms with Gasteiger partial charge in [-0.2, -0.15) is 0 Å². The molecule has 0 radical (unpaired) electrons. The van der Waals surface area contributed by atoms with E-state index in [9.17, 15) is 0 Å². The summed E-state index contributed by atoms with van der Waals surface area (Å²) in [6.07, 6.45) is 2.16. The molecule has 44 valence electrons. The summed E-state index contributed by atoms with van der Waals surface area (Å²) in [5.74, 6) is 0. The molecule has 0 heterocycles. The van der Waals surface area contributed by atoms with Crippen LogP contribution in [0.5, 0.6) is 0 Å². The van der Waals surface area contributed by atoms with Crippen LogP contribution in [0.4, 0.5) is 0 Å². The highest BCUT2D eigenvalue weighted by Gasteiger charge is 1.98. The van der Waals surface area contributed by atoms with Crippen LogP contribution in [0.15, 0.2) is 0 Å². The summed E-state index contributed by atoms with van der Waals surface area (Å²) in [5.41, 5.74) is 3.70. The third-order valence-corrected chi connectivity index (χ3v) is 0.955. The van der Waals surface area contributed by atoms with Crippen molar-refractivity contribution in [3.05, 3.63) is 0 Å². The minimum Gasteiger partial charge on any atom is -0.390 e. The zero-order chi connectivity index (χ0) is 5.70. The highest BCUT2D eigenvalue weighted by molar-refractivity contribution is 4.46. The average molecular weight is 104 g/mol. The maximum absolute atomic E-state index is 8.40. The number of quaternary nitrogens is 1. The summed E-state index contributed by atoms with van der Waals surface area (Å²) in [5, 5.41) is 8.40. The summed E-state index contributed by atoms with van der Waals surface area (Å²) in [6.45, 7) is 2.32. The molecule has 0 saturated carbocycles. The van der Waals surface area contributed by atoms with E-state index in [1.165, 1.54) is 0 Å². The second kappa shape index (κ2) is 4.09. The zero-order valence-electron chi connectivity index (χ0n) is 4.85. The molecular weight excluding hydrogens is 90.1 g/mol. The van der Waals surface area contributed by atoms with Gasteiger partial charge in [0.15, 0.2) is 0 Å². The van der Waals surface area contributed by atoms with Gasteiger partial charge in [0.25, 0.3) is 0 Å². The Balaban J connectivity index is 2.83. The standard InChI is InChI=1S/C5H13NO/c1-2-3-5(6)4-7/h5,7H,2-4,6H2,1H3/p+1/t5-/m0/s1. The molecule has 0 spiro atoms. The van der Waals surface area contributed by atoms with Crippen molar-refractivity contribution in [3.8, 4) is 0 Å². The predicted molar refractivity (Wildman–Crippen MR) is 28.7 cm³/mol. The van der Waals surface area contributed by atoms with Gasteiger partial charge in [0.2, 0.25) is 0 Å². The van der Waals surface area contributed by atoms with E-state index in [0.717, 1.165) is 12.8 Å². The Kier molecular flexibility index (Phi) is 4.04. The van der Waals surface area contributed by atoms with Gasteiger partial charge >= 0.3 is 0 Å². The van der Waals surface area contributed by atoms with E-state index in [1.54, 1.807) is 0 Å². The molecule has 0 aliphatic carbocycles. The van der Waals surface area contributed by atoms with Crippen LogP contribution in [0, 0.1) is 0 Å². The van der Waals surface area contributed by atoms with Gasteiger partial charge in [0, 0.05) is 6.42 Å². The molecule has 0 saturated heterocycles. The molecule has 0 aliphatic heterocycles. The normalized spacial score (nSPS) is 14.1. The van der Waals surface area contributed by atoms with Crippen molar-refractivity contribution in [2.24, 2.45) is 0 Å². The number of aliphatic hydroxyl groups excluding tert-OH is 1. The summed E-state index contributed by atoms with van der Waals surface area (Å²) in [6, 6.07) is 0.255. The maximum Gasteiger partial charge on any atom is 0.108 e. The van der Waals surface area contributed by atoms with E-state index in [4.69, 9.17) is 5.11 Å². The highest BCUT2D eigenvalue weighted by atomic mass is 16.3. The van der Waals surface area contributed by atoms with Gasteiger partial charge < -0.3 is 10.8 Å². The summed E-state index contributed by atoms with van der Waals surface area (Å²) >= 11 is 0. The Labute approximate surface area is 44.3 Å². The fourth-order valence-electron chi connectivity index (χ4n) is 0.500. The van der Waals surface area contributed by atoms with Crippen LogP contribution in [-0.2, 0) is 0 Å². The van der Waals surface area contributed by atoms with Gasteiger partial charge in [0.1, 0.15) is 6.04 Å². The Morgan fingerprint density at radius 1 is 1.71 bits per heavy atom. The zero-order valence-corrected chi connectivity index (χ0v) is 4.85. The van der Waals surface area contributed by atoms with Crippen molar-refractivity contribution in [1.29, 1.82) is 0 Å². The molecule has 0 unspecified atom stereocenters. The maximum atomic E-state index is 8.40. The lowest BCUT2D eigenvalue weighted by Crippen LogP contribution is -2.62. The van der Waals surface area contributed by atoms with Gasteiger partial charge in [-0.25, -0.2) is 0 Å². The largest absolute Gasteiger partial charge is 0.390 e. The van der Waals surface area contributed by atoms with Crippen LogP contribution in [0.25, 0.3) is 0 Å². The molecular formula is C5H14NO+. The monoisotopic (exact) mass is 104 g/mol. The van der Waals surface area contributed by atoms with E-state index < -0.39 is 0 Å². The van der Waals surface area contributed by atoms with E-state index in [2.05, 4.69) is 12.7 Å². The lowest BCUT2D eigenvalue weighted by atomic mass is 10.2. The van der Waals surface area contributed by atoms with Gasteiger partial charge in [-0.3, -0.25) is 0 Å². The van der Waals surface area contributed by atoms with Gasteiger partial charge in [0.05, 0.1) is 6.61 Å². The fraction of sp³-hybridized carbons (Fsp3) is 1.00. The summed E-state index contributed by atoms with van der Waals surface area (Å²) in [7, 11) is 0. The third-order valence-electron chi connectivity index (χ3n) is 0.955. The molecule has 2 nitrogen and oxygen atoms in total. The second-order valence-electron chi connectivity index (χ2n) is 1.84. The van der Waals surface area contributed by atoms with Gasteiger partial charge in [-0.15, -0.1) is 0 Å². The number of hydrogen-bond donors (Lipinski definition) is 2. The Morgan fingerprint density at radius 3 is 2.43 bits per heavy atom. The molecule has 0 aliphatic rings. The first-order chi connectivity index (χ1) is 3.31. The van der Waals surface area contributed by atoms with Crippen molar-refractivity contribution in [2.45, 2.75) is 25.8 Å². The minimum atomic E-state index is 0.230. The van der Waals surface area contributed by atoms with E-state index in [0.29, 0.717) is 0 Å². The first kappa shape index (κ1) is 6.92. The lowest BCUT2D eigenvalue weighted by Gasteiger charge is -1.98. The summed E-state index contributed by atoms with van der Waals surface area (Å²) < 4.78 is 0. The highest BCUT2D eigenvalue weighted by Crippen LogP contribution is 1.87. The van der Waals surface area contributed by atoms with Crippen LogP contribution in [0.1, 0.15) is 19.8 Å². The molecule has 0 aromatic rings. The van der Waals surface area contributed by atoms with Crippen molar-refractivity contribution in [3.63, 3.8) is 0 Å². The van der Waals surface area contributed by atoms with Crippen molar-refractivity contribution >= 4 is 0 Å². The minimum absolute atomic E-state index is 0.230. The molecule has 0 aromatic heterocycles. The molecule has 1 atom stereocenters. The van der Waals surface area contributed by atoms with Crippen LogP contribution >= 0.6 is 0 Å². The molecule has 2 heteroatoms. The smallest absolute Gasteiger partial charge is 0.108 e. The molecule has 0 bridgehead atoms. The Morgan fingerprint density at radius 2 is 2.29 bits per heavy atom. The number of aliphatic hydroxyl groups is 1. The fourth-order valence-corrected chi connectivity index (χ4v) is 0.500. The molecule has 0 aromatic carbocycles. The number of hydrogen-bond acceptors (Lipinski definition) is 1.